The molecular weight excluding hydrogens is 371 g/mol. The Labute approximate surface area is 169 Å². The van der Waals surface area contributed by atoms with E-state index in [1.165, 1.54) is 12.1 Å². The van der Waals surface area contributed by atoms with E-state index in [0.717, 1.165) is 22.5 Å². The minimum Gasteiger partial charge on any atom is -0.452 e. The lowest BCUT2D eigenvalue weighted by Crippen LogP contribution is -2.21. The van der Waals surface area contributed by atoms with E-state index in [1.807, 2.05) is 37.5 Å². The van der Waals surface area contributed by atoms with Crippen molar-refractivity contribution in [3.63, 3.8) is 0 Å². The molecule has 0 saturated heterocycles. The van der Waals surface area contributed by atoms with Crippen LogP contribution in [0.25, 0.3) is 5.69 Å². The first-order valence-corrected chi connectivity index (χ1v) is 9.25. The zero-order chi connectivity index (χ0) is 21.1. The van der Waals surface area contributed by atoms with E-state index in [-0.39, 0.29) is 12.4 Å². The number of hydrogen-bond donors (Lipinski definition) is 1. The van der Waals surface area contributed by atoms with Crippen LogP contribution in [0.4, 0.5) is 10.1 Å². The molecule has 0 unspecified atom stereocenters. The van der Waals surface area contributed by atoms with E-state index in [4.69, 9.17) is 4.74 Å². The van der Waals surface area contributed by atoms with Gasteiger partial charge in [0, 0.05) is 22.8 Å². The topological polar surface area (TPSA) is 60.3 Å². The predicted octanol–water partition coefficient (Wildman–Crippen LogP) is 4.65. The van der Waals surface area contributed by atoms with Gasteiger partial charge in [0.1, 0.15) is 5.82 Å². The number of amides is 1. The maximum Gasteiger partial charge on any atom is 0.340 e. The summed E-state index contributed by atoms with van der Waals surface area (Å²) in [5.74, 6) is -1.32. The summed E-state index contributed by atoms with van der Waals surface area (Å²) in [5, 5.41) is 2.72. The van der Waals surface area contributed by atoms with Gasteiger partial charge in [0.15, 0.2) is 6.61 Å². The molecule has 1 amide bonds. The smallest absolute Gasteiger partial charge is 0.340 e. The second-order valence-corrected chi connectivity index (χ2v) is 7.02. The second kappa shape index (κ2) is 8.31. The number of carbonyl (C=O) groups is 2. The molecule has 0 aliphatic rings. The molecule has 3 rings (SSSR count). The molecule has 0 aliphatic carbocycles. The van der Waals surface area contributed by atoms with E-state index in [0.29, 0.717) is 16.9 Å². The minimum absolute atomic E-state index is 0.328. The van der Waals surface area contributed by atoms with Crippen molar-refractivity contribution in [1.29, 1.82) is 0 Å². The first-order chi connectivity index (χ1) is 13.8. The van der Waals surface area contributed by atoms with Crippen LogP contribution in [0.1, 0.15) is 32.9 Å². The minimum atomic E-state index is -0.582. The SMILES string of the molecule is Cc1ccc(NC(=O)COC(=O)c2cc(C)n(-c3ccc(F)cc3)c2C)cc1C. The number of ether oxygens (including phenoxy) is 1. The number of anilines is 1. The van der Waals surface area contributed by atoms with Crippen LogP contribution in [0, 0.1) is 33.5 Å². The third-order valence-corrected chi connectivity index (χ3v) is 4.86. The summed E-state index contributed by atoms with van der Waals surface area (Å²) in [7, 11) is 0. The molecule has 1 heterocycles. The van der Waals surface area contributed by atoms with Gasteiger partial charge in [0.25, 0.3) is 5.91 Å². The third-order valence-electron chi connectivity index (χ3n) is 4.86. The fourth-order valence-electron chi connectivity index (χ4n) is 3.18. The zero-order valence-corrected chi connectivity index (χ0v) is 16.9. The van der Waals surface area contributed by atoms with Crippen molar-refractivity contribution < 1.29 is 18.7 Å². The molecule has 1 aromatic heterocycles. The van der Waals surface area contributed by atoms with Crippen molar-refractivity contribution in [2.45, 2.75) is 27.7 Å². The second-order valence-electron chi connectivity index (χ2n) is 7.02. The van der Waals surface area contributed by atoms with Crippen LogP contribution in [0.5, 0.6) is 0 Å². The first kappa shape index (κ1) is 20.3. The van der Waals surface area contributed by atoms with Crippen molar-refractivity contribution in [3.8, 4) is 5.69 Å². The molecule has 2 aromatic carbocycles. The van der Waals surface area contributed by atoms with Crippen molar-refractivity contribution in [3.05, 3.63) is 82.4 Å². The molecule has 0 aliphatic heterocycles. The zero-order valence-electron chi connectivity index (χ0n) is 16.9. The van der Waals surface area contributed by atoms with Crippen LogP contribution in [-0.2, 0) is 9.53 Å². The number of esters is 1. The van der Waals surface area contributed by atoms with Gasteiger partial charge in [-0.25, -0.2) is 9.18 Å². The molecule has 150 valence electrons. The molecule has 1 N–H and O–H groups in total. The highest BCUT2D eigenvalue weighted by Gasteiger charge is 2.19. The summed E-state index contributed by atoms with van der Waals surface area (Å²) >= 11 is 0. The molecule has 0 radical (unpaired) electrons. The lowest BCUT2D eigenvalue weighted by Gasteiger charge is -2.10. The maximum atomic E-state index is 13.2. The Bertz CT molecular complexity index is 1070. The number of carbonyl (C=O) groups excluding carboxylic acids is 2. The average Bonchev–Trinajstić information content (AvgIpc) is 2.98. The highest BCUT2D eigenvalue weighted by Crippen LogP contribution is 2.22. The van der Waals surface area contributed by atoms with Gasteiger partial charge >= 0.3 is 5.97 Å². The van der Waals surface area contributed by atoms with Crippen molar-refractivity contribution in [1.82, 2.24) is 4.57 Å². The molecule has 0 saturated carbocycles. The fourth-order valence-corrected chi connectivity index (χ4v) is 3.18. The molecule has 6 heteroatoms. The van der Waals surface area contributed by atoms with Gasteiger partial charge < -0.3 is 14.6 Å². The standard InChI is InChI=1S/C23H23FN2O3/c1-14-5-8-19(11-15(14)2)25-22(27)13-29-23(28)21-12-16(3)26(17(21)4)20-9-6-18(24)7-10-20/h5-12H,13H2,1-4H3,(H,25,27). The summed E-state index contributed by atoms with van der Waals surface area (Å²) in [4.78, 5) is 24.6. The Balaban J connectivity index is 1.68. The molecule has 5 nitrogen and oxygen atoms in total. The third kappa shape index (κ3) is 4.54. The molecule has 0 spiro atoms. The fraction of sp³-hybridized carbons (Fsp3) is 0.217. The molecule has 3 aromatic rings. The average molecular weight is 394 g/mol. The van der Waals surface area contributed by atoms with Crippen LogP contribution in [-0.4, -0.2) is 23.1 Å². The number of aryl methyl sites for hydroxylation is 3. The Morgan fingerprint density at radius 1 is 0.966 bits per heavy atom. The number of halogens is 1. The summed E-state index contributed by atoms with van der Waals surface area (Å²) < 4.78 is 20.2. The van der Waals surface area contributed by atoms with Crippen molar-refractivity contribution in [2.24, 2.45) is 0 Å². The van der Waals surface area contributed by atoms with Gasteiger partial charge in [-0.15, -0.1) is 0 Å². The van der Waals surface area contributed by atoms with E-state index in [1.54, 1.807) is 31.2 Å². The largest absolute Gasteiger partial charge is 0.452 e. The summed E-state index contributed by atoms with van der Waals surface area (Å²) in [6.07, 6.45) is 0. The van der Waals surface area contributed by atoms with E-state index < -0.39 is 11.9 Å². The molecule has 0 atom stereocenters. The van der Waals surface area contributed by atoms with Crippen molar-refractivity contribution in [2.75, 3.05) is 11.9 Å². The number of rotatable bonds is 5. The Morgan fingerprint density at radius 2 is 1.66 bits per heavy atom. The lowest BCUT2D eigenvalue weighted by molar-refractivity contribution is -0.119. The predicted molar refractivity (Wildman–Crippen MR) is 110 cm³/mol. The van der Waals surface area contributed by atoms with Gasteiger partial charge in [0.2, 0.25) is 0 Å². The number of nitrogens with zero attached hydrogens (tertiary/aromatic N) is 1. The number of nitrogens with one attached hydrogen (secondary N) is 1. The highest BCUT2D eigenvalue weighted by atomic mass is 19.1. The van der Waals surface area contributed by atoms with Crippen LogP contribution in [0.3, 0.4) is 0 Å². The number of hydrogen-bond acceptors (Lipinski definition) is 3. The van der Waals surface area contributed by atoms with Gasteiger partial charge in [-0.2, -0.15) is 0 Å². The maximum absolute atomic E-state index is 13.2. The molecular formula is C23H23FN2O3. The Morgan fingerprint density at radius 3 is 2.31 bits per heavy atom. The number of benzene rings is 2. The molecule has 0 bridgehead atoms. The Kier molecular flexibility index (Phi) is 5.82. The van der Waals surface area contributed by atoms with Gasteiger partial charge in [-0.05, 0) is 81.3 Å². The molecule has 29 heavy (non-hydrogen) atoms. The first-order valence-electron chi connectivity index (χ1n) is 9.25. The molecule has 0 fully saturated rings. The van der Waals surface area contributed by atoms with E-state index in [9.17, 15) is 14.0 Å². The van der Waals surface area contributed by atoms with Gasteiger partial charge in [-0.1, -0.05) is 6.07 Å². The Hall–Kier alpha value is -3.41. The van der Waals surface area contributed by atoms with Crippen LogP contribution in [0.2, 0.25) is 0 Å². The monoisotopic (exact) mass is 394 g/mol. The highest BCUT2D eigenvalue weighted by molar-refractivity contribution is 5.96. The summed E-state index contributed by atoms with van der Waals surface area (Å²) in [6.45, 7) is 7.20. The number of aromatic nitrogens is 1. The lowest BCUT2D eigenvalue weighted by atomic mass is 10.1. The quantitative estimate of drug-likeness (QED) is 0.641. The summed E-state index contributed by atoms with van der Waals surface area (Å²) in [5.41, 5.74) is 5.43. The van der Waals surface area contributed by atoms with Crippen LogP contribution in [0.15, 0.2) is 48.5 Å². The summed E-state index contributed by atoms with van der Waals surface area (Å²) in [6, 6.07) is 13.3. The van der Waals surface area contributed by atoms with Crippen LogP contribution >= 0.6 is 0 Å². The van der Waals surface area contributed by atoms with Crippen LogP contribution < -0.4 is 5.32 Å². The normalized spacial score (nSPS) is 10.7. The van der Waals surface area contributed by atoms with Gasteiger partial charge in [0.05, 0.1) is 5.56 Å². The van der Waals surface area contributed by atoms with E-state index in [2.05, 4.69) is 5.32 Å². The van der Waals surface area contributed by atoms with Crippen molar-refractivity contribution >= 4 is 17.6 Å². The van der Waals surface area contributed by atoms with Gasteiger partial charge in [-0.3, -0.25) is 4.79 Å². The van der Waals surface area contributed by atoms with E-state index >= 15 is 0 Å².